The minimum absolute atomic E-state index is 0.0292. The highest BCUT2D eigenvalue weighted by atomic mass is 19.4. The van der Waals surface area contributed by atoms with Crippen LogP contribution in [0.25, 0.3) is 0 Å². The highest BCUT2D eigenvalue weighted by Gasteiger charge is 2.58. The number of carbonyl (C=O) groups excluding carboxylic acids is 1. The predicted molar refractivity (Wildman–Crippen MR) is 117 cm³/mol. The van der Waals surface area contributed by atoms with Crippen LogP contribution in [-0.4, -0.2) is 29.3 Å². The van der Waals surface area contributed by atoms with Crippen molar-refractivity contribution in [1.82, 2.24) is 16.2 Å². The number of hydrazine groups is 1. The molecule has 2 aliphatic rings. The summed E-state index contributed by atoms with van der Waals surface area (Å²) in [7, 11) is 0. The Morgan fingerprint density at radius 1 is 1.06 bits per heavy atom. The van der Waals surface area contributed by atoms with E-state index in [0.29, 0.717) is 18.4 Å². The molecule has 4 rings (SSSR count). The summed E-state index contributed by atoms with van der Waals surface area (Å²) in [6, 6.07) is 15.1. The van der Waals surface area contributed by atoms with E-state index in [-0.39, 0.29) is 23.4 Å². The fourth-order valence-electron chi connectivity index (χ4n) is 4.63. The van der Waals surface area contributed by atoms with Gasteiger partial charge in [-0.15, -0.1) is 0 Å². The molecule has 1 saturated carbocycles. The van der Waals surface area contributed by atoms with E-state index in [0.717, 1.165) is 24.5 Å². The van der Waals surface area contributed by atoms with Crippen molar-refractivity contribution >= 4 is 5.91 Å². The molecule has 0 saturated heterocycles. The third-order valence-electron chi connectivity index (χ3n) is 6.40. The zero-order valence-electron chi connectivity index (χ0n) is 17.9. The van der Waals surface area contributed by atoms with Gasteiger partial charge in [0, 0.05) is 6.04 Å². The second kappa shape index (κ2) is 9.17. The standard InChI is InChI=1S/C24H27F3N4O2/c25-24(26,27)23(14-20(22(28)33)30-31-23)19-9-5-4-8-18(19)21(15-6-2-1-3-7-15)29-16-10-12-17(32)13-11-16/h1-9,14,16-17,21,29-32H,10-13H2,(H2,28,33). The quantitative estimate of drug-likeness (QED) is 0.457. The summed E-state index contributed by atoms with van der Waals surface area (Å²) < 4.78 is 43.6. The Labute approximate surface area is 190 Å². The highest BCUT2D eigenvalue weighted by Crippen LogP contribution is 2.45. The number of hydrogen-bond acceptors (Lipinski definition) is 5. The summed E-state index contributed by atoms with van der Waals surface area (Å²) in [5.74, 6) is -0.982. The van der Waals surface area contributed by atoms with Gasteiger partial charge < -0.3 is 21.6 Å². The molecule has 1 fully saturated rings. The summed E-state index contributed by atoms with van der Waals surface area (Å²) in [5.41, 5.74) is 8.10. The van der Waals surface area contributed by atoms with Gasteiger partial charge in [0.2, 0.25) is 0 Å². The Kier molecular flexibility index (Phi) is 6.47. The maximum atomic E-state index is 14.5. The van der Waals surface area contributed by atoms with Crippen molar-refractivity contribution in [2.75, 3.05) is 0 Å². The van der Waals surface area contributed by atoms with Crippen molar-refractivity contribution in [2.45, 2.75) is 55.6 Å². The van der Waals surface area contributed by atoms with Crippen molar-refractivity contribution in [3.63, 3.8) is 0 Å². The first-order chi connectivity index (χ1) is 15.7. The predicted octanol–water partition coefficient (Wildman–Crippen LogP) is 2.90. The van der Waals surface area contributed by atoms with Crippen LogP contribution in [-0.2, 0) is 10.3 Å². The third kappa shape index (κ3) is 4.62. The average molecular weight is 461 g/mol. The Hall–Kier alpha value is -2.88. The lowest BCUT2D eigenvalue weighted by Gasteiger charge is -2.36. The summed E-state index contributed by atoms with van der Waals surface area (Å²) in [6.07, 6.45) is -1.56. The van der Waals surface area contributed by atoms with Gasteiger partial charge in [0.25, 0.3) is 5.91 Å². The van der Waals surface area contributed by atoms with E-state index in [2.05, 4.69) is 16.2 Å². The summed E-state index contributed by atoms with van der Waals surface area (Å²) in [6.45, 7) is 0. The molecule has 6 nitrogen and oxygen atoms in total. The number of alkyl halides is 3. The molecule has 1 heterocycles. The van der Waals surface area contributed by atoms with Gasteiger partial charge in [-0.25, -0.2) is 5.43 Å². The van der Waals surface area contributed by atoms with E-state index in [1.165, 1.54) is 6.07 Å². The smallest absolute Gasteiger partial charge is 0.393 e. The Morgan fingerprint density at radius 3 is 2.30 bits per heavy atom. The van der Waals surface area contributed by atoms with Crippen molar-refractivity contribution in [3.8, 4) is 0 Å². The van der Waals surface area contributed by atoms with Crippen LogP contribution in [0.2, 0.25) is 0 Å². The van der Waals surface area contributed by atoms with Crippen LogP contribution >= 0.6 is 0 Å². The van der Waals surface area contributed by atoms with Crippen LogP contribution in [0.1, 0.15) is 48.4 Å². The molecular weight excluding hydrogens is 433 g/mol. The number of amides is 1. The minimum atomic E-state index is -4.76. The second-order valence-corrected chi connectivity index (χ2v) is 8.58. The van der Waals surface area contributed by atoms with Gasteiger partial charge in [-0.05, 0) is 48.4 Å². The van der Waals surface area contributed by atoms with E-state index < -0.39 is 23.7 Å². The fraction of sp³-hybridized carbons (Fsp3) is 0.375. The number of rotatable bonds is 6. The molecular formula is C24H27F3N4O2. The molecule has 2 atom stereocenters. The van der Waals surface area contributed by atoms with Gasteiger partial charge in [0.15, 0.2) is 5.54 Å². The first-order valence-corrected chi connectivity index (χ1v) is 10.9. The van der Waals surface area contributed by atoms with Gasteiger partial charge in [-0.3, -0.25) is 4.79 Å². The number of nitrogens with two attached hydrogens (primary N) is 1. The van der Waals surface area contributed by atoms with Crippen molar-refractivity contribution in [3.05, 3.63) is 83.1 Å². The number of primary amides is 1. The van der Waals surface area contributed by atoms with Gasteiger partial charge in [-0.1, -0.05) is 54.6 Å². The number of nitrogens with one attached hydrogen (secondary N) is 3. The van der Waals surface area contributed by atoms with E-state index in [1.54, 1.807) is 18.2 Å². The number of hydrogen-bond donors (Lipinski definition) is 5. The molecule has 33 heavy (non-hydrogen) atoms. The molecule has 1 aliphatic carbocycles. The zero-order chi connectivity index (χ0) is 23.6. The minimum Gasteiger partial charge on any atom is -0.393 e. The molecule has 0 spiro atoms. The van der Waals surface area contributed by atoms with Crippen molar-refractivity contribution < 1.29 is 23.1 Å². The second-order valence-electron chi connectivity index (χ2n) is 8.58. The van der Waals surface area contributed by atoms with E-state index >= 15 is 0 Å². The molecule has 0 radical (unpaired) electrons. The normalized spacial score (nSPS) is 26.4. The molecule has 6 N–H and O–H groups in total. The Balaban J connectivity index is 1.82. The maximum Gasteiger partial charge on any atom is 0.416 e. The summed E-state index contributed by atoms with van der Waals surface area (Å²) in [5, 5.41) is 13.4. The molecule has 1 amide bonds. The maximum absolute atomic E-state index is 14.5. The lowest BCUT2D eigenvalue weighted by atomic mass is 9.81. The molecule has 2 aromatic carbocycles. The molecule has 176 valence electrons. The molecule has 0 bridgehead atoms. The van der Waals surface area contributed by atoms with E-state index in [4.69, 9.17) is 5.73 Å². The zero-order valence-corrected chi connectivity index (χ0v) is 17.9. The van der Waals surface area contributed by atoms with Crippen LogP contribution < -0.4 is 21.9 Å². The van der Waals surface area contributed by atoms with Crippen LogP contribution in [0.3, 0.4) is 0 Å². The van der Waals surface area contributed by atoms with Crippen LogP contribution in [0.15, 0.2) is 66.4 Å². The Bertz CT molecular complexity index is 1020. The topological polar surface area (TPSA) is 99.4 Å². The largest absolute Gasteiger partial charge is 0.416 e. The van der Waals surface area contributed by atoms with Crippen molar-refractivity contribution in [2.24, 2.45) is 5.73 Å². The number of carbonyl (C=O) groups is 1. The lowest BCUT2D eigenvalue weighted by Crippen LogP contribution is -2.54. The molecule has 2 aromatic rings. The number of halogens is 3. The lowest BCUT2D eigenvalue weighted by molar-refractivity contribution is -0.185. The van der Waals surface area contributed by atoms with Gasteiger partial charge in [0.05, 0.1) is 12.1 Å². The van der Waals surface area contributed by atoms with Crippen LogP contribution in [0, 0.1) is 0 Å². The molecule has 9 heteroatoms. The van der Waals surface area contributed by atoms with Crippen LogP contribution in [0.4, 0.5) is 13.2 Å². The monoisotopic (exact) mass is 460 g/mol. The fourth-order valence-corrected chi connectivity index (χ4v) is 4.63. The number of aliphatic hydroxyl groups is 1. The summed E-state index contributed by atoms with van der Waals surface area (Å²) in [4.78, 5) is 11.6. The average Bonchev–Trinajstić information content (AvgIpc) is 3.27. The van der Waals surface area contributed by atoms with Crippen LogP contribution in [0.5, 0.6) is 0 Å². The first kappa shape index (κ1) is 23.3. The van der Waals surface area contributed by atoms with Gasteiger partial charge in [-0.2, -0.15) is 13.2 Å². The molecule has 2 unspecified atom stereocenters. The Morgan fingerprint density at radius 2 is 1.70 bits per heavy atom. The van der Waals surface area contributed by atoms with Gasteiger partial charge >= 0.3 is 6.18 Å². The molecule has 0 aromatic heterocycles. The van der Waals surface area contributed by atoms with Gasteiger partial charge in [0.1, 0.15) is 5.70 Å². The number of aliphatic hydroxyl groups excluding tert-OH is 1. The van der Waals surface area contributed by atoms with E-state index in [1.807, 2.05) is 30.3 Å². The first-order valence-electron chi connectivity index (χ1n) is 10.9. The SMILES string of the molecule is NC(=O)C1=CC(c2ccccc2C(NC2CCC(O)CC2)c2ccccc2)(C(F)(F)F)NN1. The number of benzene rings is 2. The third-order valence-corrected chi connectivity index (χ3v) is 6.40. The molecule has 1 aliphatic heterocycles. The van der Waals surface area contributed by atoms with E-state index in [9.17, 15) is 23.1 Å². The summed E-state index contributed by atoms with van der Waals surface area (Å²) >= 11 is 0. The highest BCUT2D eigenvalue weighted by molar-refractivity contribution is 5.92. The van der Waals surface area contributed by atoms with Crippen molar-refractivity contribution in [1.29, 1.82) is 0 Å².